The quantitative estimate of drug-likeness (QED) is 0.571. The largest absolute Gasteiger partial charge is 0.337 e. The summed E-state index contributed by atoms with van der Waals surface area (Å²) in [6.07, 6.45) is 1.85. The first kappa shape index (κ1) is 16.9. The van der Waals surface area contributed by atoms with Crippen LogP contribution in [0.2, 0.25) is 10.0 Å². The minimum absolute atomic E-state index is 0.288. The highest BCUT2D eigenvalue weighted by molar-refractivity contribution is 7.21. The van der Waals surface area contributed by atoms with E-state index in [1.54, 1.807) is 12.1 Å². The molecule has 0 spiro atoms. The van der Waals surface area contributed by atoms with E-state index < -0.39 is 11.9 Å². The first-order valence-corrected chi connectivity index (χ1v) is 8.32. The molecule has 0 aliphatic rings. The van der Waals surface area contributed by atoms with Gasteiger partial charge in [-0.1, -0.05) is 42.6 Å². The Labute approximate surface area is 141 Å². The number of fused-ring (bicyclic) bond motifs is 1. The second kappa shape index (κ2) is 7.67. The number of hydrogen-bond acceptors (Lipinski definition) is 3. The number of carbonyl (C=O) groups excluding carboxylic acids is 2. The molecule has 2 aromatic rings. The summed E-state index contributed by atoms with van der Waals surface area (Å²) in [5.41, 5.74) is 4.62. The SMILES string of the molecule is CCCCNC(=O)NNC(=O)c1sc2cccc(Cl)c2c1Cl. The number of hydrazine groups is 1. The second-order valence-electron chi connectivity index (χ2n) is 4.55. The molecule has 0 aliphatic heterocycles. The van der Waals surface area contributed by atoms with E-state index in [0.717, 1.165) is 17.5 Å². The summed E-state index contributed by atoms with van der Waals surface area (Å²) in [5.74, 6) is -0.479. The van der Waals surface area contributed by atoms with E-state index in [-0.39, 0.29) is 5.02 Å². The molecule has 0 atom stereocenters. The molecule has 0 saturated heterocycles. The third-order valence-corrected chi connectivity index (χ3v) is 4.88. The predicted octanol–water partition coefficient (Wildman–Crippen LogP) is 3.95. The number of thiophene rings is 1. The van der Waals surface area contributed by atoms with Crippen LogP contribution in [0.1, 0.15) is 29.4 Å². The fourth-order valence-corrected chi connectivity index (χ4v) is 3.66. The Hall–Kier alpha value is -1.50. The van der Waals surface area contributed by atoms with Crippen LogP contribution in [0.3, 0.4) is 0 Å². The van der Waals surface area contributed by atoms with Crippen LogP contribution < -0.4 is 16.2 Å². The van der Waals surface area contributed by atoms with E-state index in [1.807, 2.05) is 13.0 Å². The maximum absolute atomic E-state index is 12.1. The maximum Gasteiger partial charge on any atom is 0.333 e. The minimum Gasteiger partial charge on any atom is -0.337 e. The number of carbonyl (C=O) groups is 2. The Morgan fingerprint density at radius 2 is 2.00 bits per heavy atom. The van der Waals surface area contributed by atoms with E-state index in [9.17, 15) is 9.59 Å². The molecule has 118 valence electrons. The number of nitrogens with one attached hydrogen (secondary N) is 3. The molecule has 1 heterocycles. The van der Waals surface area contributed by atoms with Crippen LogP contribution in [0, 0.1) is 0 Å². The number of halogens is 2. The average molecular weight is 360 g/mol. The Balaban J connectivity index is 2.03. The van der Waals surface area contributed by atoms with Gasteiger partial charge in [0.05, 0.1) is 10.0 Å². The summed E-state index contributed by atoms with van der Waals surface area (Å²) in [7, 11) is 0. The van der Waals surface area contributed by atoms with Gasteiger partial charge < -0.3 is 5.32 Å². The molecule has 0 aliphatic carbocycles. The van der Waals surface area contributed by atoms with Crippen molar-refractivity contribution in [2.24, 2.45) is 0 Å². The zero-order valence-corrected chi connectivity index (χ0v) is 14.2. The smallest absolute Gasteiger partial charge is 0.333 e. The molecular weight excluding hydrogens is 345 g/mol. The fraction of sp³-hybridized carbons (Fsp3) is 0.286. The molecule has 1 aromatic carbocycles. The molecule has 2 rings (SSSR count). The van der Waals surface area contributed by atoms with Crippen LogP contribution in [-0.2, 0) is 0 Å². The normalized spacial score (nSPS) is 10.5. The van der Waals surface area contributed by atoms with E-state index >= 15 is 0 Å². The highest BCUT2D eigenvalue weighted by atomic mass is 35.5. The van der Waals surface area contributed by atoms with Crippen molar-refractivity contribution in [2.75, 3.05) is 6.54 Å². The fourth-order valence-electron chi connectivity index (χ4n) is 1.81. The first-order chi connectivity index (χ1) is 10.5. The zero-order valence-electron chi connectivity index (χ0n) is 11.8. The van der Waals surface area contributed by atoms with Crippen molar-refractivity contribution in [3.05, 3.63) is 33.1 Å². The summed E-state index contributed by atoms with van der Waals surface area (Å²) in [5, 5.41) is 4.05. The van der Waals surface area contributed by atoms with Crippen molar-refractivity contribution in [3.63, 3.8) is 0 Å². The number of unbranched alkanes of at least 4 members (excludes halogenated alkanes) is 1. The molecule has 3 amide bonds. The second-order valence-corrected chi connectivity index (χ2v) is 6.38. The number of benzene rings is 1. The third kappa shape index (κ3) is 3.82. The van der Waals surface area contributed by atoms with Crippen molar-refractivity contribution in [1.82, 2.24) is 16.2 Å². The van der Waals surface area contributed by atoms with Crippen LogP contribution in [0.4, 0.5) is 4.79 Å². The minimum atomic E-state index is -0.479. The number of urea groups is 1. The molecule has 3 N–H and O–H groups in total. The van der Waals surface area contributed by atoms with Crippen molar-refractivity contribution in [1.29, 1.82) is 0 Å². The molecule has 0 unspecified atom stereocenters. The first-order valence-electron chi connectivity index (χ1n) is 6.75. The van der Waals surface area contributed by atoms with Crippen LogP contribution in [-0.4, -0.2) is 18.5 Å². The summed E-state index contributed by atoms with van der Waals surface area (Å²) < 4.78 is 0.815. The Morgan fingerprint density at radius 1 is 1.23 bits per heavy atom. The van der Waals surface area contributed by atoms with E-state index in [1.165, 1.54) is 11.3 Å². The van der Waals surface area contributed by atoms with Crippen LogP contribution in [0.5, 0.6) is 0 Å². The van der Waals surface area contributed by atoms with Gasteiger partial charge in [-0.25, -0.2) is 10.2 Å². The Morgan fingerprint density at radius 3 is 2.68 bits per heavy atom. The highest BCUT2D eigenvalue weighted by Gasteiger charge is 2.19. The highest BCUT2D eigenvalue weighted by Crippen LogP contribution is 2.39. The standard InChI is InChI=1S/C14H15Cl2N3O2S/c1-2-3-7-17-14(21)19-18-13(20)12-11(16)10-8(15)5-4-6-9(10)22-12/h4-6H,2-3,7H2,1H3,(H,18,20)(H2,17,19,21). The molecule has 0 saturated carbocycles. The van der Waals surface area contributed by atoms with Gasteiger partial charge in [-0.05, 0) is 18.6 Å². The van der Waals surface area contributed by atoms with Gasteiger partial charge in [0.2, 0.25) is 0 Å². The van der Waals surface area contributed by atoms with E-state index in [4.69, 9.17) is 23.2 Å². The van der Waals surface area contributed by atoms with Gasteiger partial charge in [0.1, 0.15) is 4.88 Å². The Bertz CT molecular complexity index is 703. The van der Waals surface area contributed by atoms with Crippen LogP contribution in [0.15, 0.2) is 18.2 Å². The third-order valence-electron chi connectivity index (χ3n) is 2.92. The van der Waals surface area contributed by atoms with Crippen molar-refractivity contribution in [3.8, 4) is 0 Å². The van der Waals surface area contributed by atoms with Gasteiger partial charge in [0.25, 0.3) is 5.91 Å². The monoisotopic (exact) mass is 359 g/mol. The van der Waals surface area contributed by atoms with Crippen molar-refractivity contribution in [2.45, 2.75) is 19.8 Å². The number of hydrogen-bond donors (Lipinski definition) is 3. The lowest BCUT2D eigenvalue weighted by Gasteiger charge is -2.07. The molecule has 8 heteroatoms. The van der Waals surface area contributed by atoms with Gasteiger partial charge >= 0.3 is 6.03 Å². The van der Waals surface area contributed by atoms with Gasteiger partial charge in [-0.3, -0.25) is 10.2 Å². The Kier molecular flexibility index (Phi) is 5.88. The lowest BCUT2D eigenvalue weighted by Crippen LogP contribution is -2.47. The lowest BCUT2D eigenvalue weighted by molar-refractivity contribution is 0.0940. The topological polar surface area (TPSA) is 70.2 Å². The lowest BCUT2D eigenvalue weighted by atomic mass is 10.2. The average Bonchev–Trinajstić information content (AvgIpc) is 2.83. The summed E-state index contributed by atoms with van der Waals surface area (Å²) in [6, 6.07) is 4.87. The van der Waals surface area contributed by atoms with Crippen molar-refractivity contribution >= 4 is 56.6 Å². The molecular formula is C14H15Cl2N3O2S. The number of amides is 3. The number of rotatable bonds is 4. The van der Waals surface area contributed by atoms with Crippen LogP contribution in [0.25, 0.3) is 10.1 Å². The predicted molar refractivity (Wildman–Crippen MR) is 90.8 cm³/mol. The molecule has 5 nitrogen and oxygen atoms in total. The van der Waals surface area contributed by atoms with Gasteiger partial charge in [-0.2, -0.15) is 0 Å². The van der Waals surface area contributed by atoms with E-state index in [2.05, 4.69) is 16.2 Å². The summed E-state index contributed by atoms with van der Waals surface area (Å²) in [4.78, 5) is 23.9. The van der Waals surface area contributed by atoms with Gasteiger partial charge in [0, 0.05) is 16.6 Å². The van der Waals surface area contributed by atoms with Gasteiger partial charge in [-0.15, -0.1) is 11.3 Å². The summed E-state index contributed by atoms with van der Waals surface area (Å²) >= 11 is 13.5. The molecule has 0 fully saturated rings. The molecule has 0 radical (unpaired) electrons. The van der Waals surface area contributed by atoms with Gasteiger partial charge in [0.15, 0.2) is 0 Å². The maximum atomic E-state index is 12.1. The van der Waals surface area contributed by atoms with E-state index in [0.29, 0.717) is 21.8 Å². The van der Waals surface area contributed by atoms with Crippen LogP contribution >= 0.6 is 34.5 Å². The van der Waals surface area contributed by atoms with Crippen molar-refractivity contribution < 1.29 is 9.59 Å². The molecule has 22 heavy (non-hydrogen) atoms. The molecule has 0 bridgehead atoms. The summed E-state index contributed by atoms with van der Waals surface area (Å²) in [6.45, 7) is 2.58. The zero-order chi connectivity index (χ0) is 16.1. The molecule has 1 aromatic heterocycles.